The maximum Gasteiger partial charge on any atom is 0.121 e. The molecule has 1 N–H and O–H groups in total. The molecule has 0 aliphatic heterocycles. The Bertz CT molecular complexity index is 595. The zero-order valence-corrected chi connectivity index (χ0v) is 13.6. The number of rotatable bonds is 7. The normalized spacial score (nSPS) is 10.7. The fraction of sp³-hybridized carbons (Fsp3) is 0.438. The van der Waals surface area contributed by atoms with Gasteiger partial charge in [0.15, 0.2) is 0 Å². The molecule has 0 radical (unpaired) electrons. The van der Waals surface area contributed by atoms with Gasteiger partial charge in [0.25, 0.3) is 0 Å². The minimum Gasteiger partial charge on any atom is -0.494 e. The molecule has 0 amide bonds. The quantitative estimate of drug-likeness (QED) is 0.836. The summed E-state index contributed by atoms with van der Waals surface area (Å²) in [6.07, 6.45) is 0.846. The minimum atomic E-state index is 0.648. The van der Waals surface area contributed by atoms with Crippen molar-refractivity contribution >= 4 is 17.3 Å². The highest BCUT2D eigenvalue weighted by Crippen LogP contribution is 2.23. The molecule has 0 saturated heterocycles. The monoisotopic (exact) mass is 307 g/mol. The van der Waals surface area contributed by atoms with Gasteiger partial charge in [-0.05, 0) is 32.4 Å². The SMILES string of the molecule is CCOc1cccc(NCc2c(Cl)c(CC)nn2CC)c1. The van der Waals surface area contributed by atoms with Crippen LogP contribution in [-0.2, 0) is 19.5 Å². The van der Waals surface area contributed by atoms with Gasteiger partial charge in [-0.2, -0.15) is 5.10 Å². The Hall–Kier alpha value is -1.68. The second-order valence-electron chi connectivity index (χ2n) is 4.69. The molecule has 0 atom stereocenters. The molecule has 0 fully saturated rings. The van der Waals surface area contributed by atoms with Crippen LogP contribution in [0.25, 0.3) is 0 Å². The predicted molar refractivity (Wildman–Crippen MR) is 87.2 cm³/mol. The van der Waals surface area contributed by atoms with Gasteiger partial charge < -0.3 is 10.1 Å². The minimum absolute atomic E-state index is 0.648. The fourth-order valence-corrected chi connectivity index (χ4v) is 2.57. The first kappa shape index (κ1) is 15.7. The van der Waals surface area contributed by atoms with E-state index in [0.29, 0.717) is 13.2 Å². The molecule has 0 saturated carbocycles. The Balaban J connectivity index is 2.12. The zero-order valence-electron chi connectivity index (χ0n) is 12.8. The van der Waals surface area contributed by atoms with Crippen molar-refractivity contribution in [2.45, 2.75) is 40.3 Å². The molecule has 1 aromatic heterocycles. The fourth-order valence-electron chi connectivity index (χ4n) is 2.23. The Morgan fingerprint density at radius 2 is 2.10 bits per heavy atom. The first-order chi connectivity index (χ1) is 10.2. The van der Waals surface area contributed by atoms with Gasteiger partial charge in [0, 0.05) is 18.3 Å². The van der Waals surface area contributed by atoms with E-state index >= 15 is 0 Å². The second-order valence-corrected chi connectivity index (χ2v) is 5.07. The predicted octanol–water partition coefficient (Wildman–Crippen LogP) is 4.13. The summed E-state index contributed by atoms with van der Waals surface area (Å²) >= 11 is 6.41. The zero-order chi connectivity index (χ0) is 15.2. The molecule has 0 unspecified atom stereocenters. The van der Waals surface area contributed by atoms with E-state index in [1.807, 2.05) is 35.9 Å². The summed E-state index contributed by atoms with van der Waals surface area (Å²) < 4.78 is 7.46. The Kier molecular flexibility index (Phi) is 5.51. The summed E-state index contributed by atoms with van der Waals surface area (Å²) in [6, 6.07) is 7.94. The van der Waals surface area contributed by atoms with Gasteiger partial charge in [-0.25, -0.2) is 0 Å². The molecule has 21 heavy (non-hydrogen) atoms. The van der Waals surface area contributed by atoms with Crippen LogP contribution in [0.2, 0.25) is 5.02 Å². The first-order valence-electron chi connectivity index (χ1n) is 7.40. The van der Waals surface area contributed by atoms with Crippen molar-refractivity contribution in [2.24, 2.45) is 0 Å². The number of nitrogens with zero attached hydrogens (tertiary/aromatic N) is 2. The molecule has 1 aromatic carbocycles. The summed E-state index contributed by atoms with van der Waals surface area (Å²) in [4.78, 5) is 0. The molecule has 2 aromatic rings. The molecule has 114 valence electrons. The van der Waals surface area contributed by atoms with Gasteiger partial charge in [0.2, 0.25) is 0 Å². The average Bonchev–Trinajstić information content (AvgIpc) is 2.81. The maximum absolute atomic E-state index is 6.41. The topological polar surface area (TPSA) is 39.1 Å². The number of hydrogen-bond donors (Lipinski definition) is 1. The van der Waals surface area contributed by atoms with Crippen molar-refractivity contribution in [2.75, 3.05) is 11.9 Å². The maximum atomic E-state index is 6.41. The molecule has 0 aliphatic carbocycles. The van der Waals surface area contributed by atoms with E-state index in [0.717, 1.165) is 40.8 Å². The van der Waals surface area contributed by atoms with E-state index in [-0.39, 0.29) is 0 Å². The first-order valence-corrected chi connectivity index (χ1v) is 7.78. The van der Waals surface area contributed by atoms with Crippen molar-refractivity contribution in [1.82, 2.24) is 9.78 Å². The number of benzene rings is 1. The molecular formula is C16H22ClN3O. The van der Waals surface area contributed by atoms with Gasteiger partial charge >= 0.3 is 0 Å². The van der Waals surface area contributed by atoms with Crippen LogP contribution in [0.15, 0.2) is 24.3 Å². The van der Waals surface area contributed by atoms with Crippen molar-refractivity contribution in [3.05, 3.63) is 40.7 Å². The molecule has 0 aliphatic rings. The number of hydrogen-bond acceptors (Lipinski definition) is 3. The van der Waals surface area contributed by atoms with Gasteiger partial charge in [-0.3, -0.25) is 4.68 Å². The number of anilines is 1. The lowest BCUT2D eigenvalue weighted by Gasteiger charge is -2.10. The lowest BCUT2D eigenvalue weighted by atomic mass is 10.2. The van der Waals surface area contributed by atoms with Crippen molar-refractivity contribution < 1.29 is 4.74 Å². The standard InChI is InChI=1S/C16H22ClN3O/c1-4-14-16(17)15(20(5-2)19-14)11-18-12-8-7-9-13(10-12)21-6-3/h7-10,18H,4-6,11H2,1-3H3. The van der Waals surface area contributed by atoms with E-state index < -0.39 is 0 Å². The Morgan fingerprint density at radius 1 is 1.29 bits per heavy atom. The van der Waals surface area contributed by atoms with E-state index in [9.17, 15) is 0 Å². The lowest BCUT2D eigenvalue weighted by Crippen LogP contribution is -2.08. The number of aromatic nitrogens is 2. The van der Waals surface area contributed by atoms with Crippen molar-refractivity contribution in [3.63, 3.8) is 0 Å². The molecule has 2 rings (SSSR count). The van der Waals surface area contributed by atoms with Crippen LogP contribution in [0, 0.1) is 0 Å². The molecule has 5 heteroatoms. The van der Waals surface area contributed by atoms with Gasteiger partial charge in [-0.15, -0.1) is 0 Å². The summed E-state index contributed by atoms with van der Waals surface area (Å²) in [5.41, 5.74) is 3.00. The van der Waals surface area contributed by atoms with E-state index in [4.69, 9.17) is 16.3 Å². The molecule has 0 bridgehead atoms. The third kappa shape index (κ3) is 3.70. The summed E-state index contributed by atoms with van der Waals surface area (Å²) in [5.74, 6) is 0.867. The highest BCUT2D eigenvalue weighted by atomic mass is 35.5. The van der Waals surface area contributed by atoms with E-state index in [2.05, 4.69) is 24.3 Å². The van der Waals surface area contributed by atoms with Crippen LogP contribution in [-0.4, -0.2) is 16.4 Å². The highest BCUT2D eigenvalue weighted by molar-refractivity contribution is 6.31. The van der Waals surface area contributed by atoms with Crippen LogP contribution in [0.4, 0.5) is 5.69 Å². The van der Waals surface area contributed by atoms with E-state index in [1.165, 1.54) is 0 Å². The lowest BCUT2D eigenvalue weighted by molar-refractivity contribution is 0.340. The third-order valence-electron chi connectivity index (χ3n) is 3.30. The van der Waals surface area contributed by atoms with Gasteiger partial charge in [-0.1, -0.05) is 24.6 Å². The van der Waals surface area contributed by atoms with Crippen LogP contribution in [0.3, 0.4) is 0 Å². The average molecular weight is 308 g/mol. The summed E-state index contributed by atoms with van der Waals surface area (Å²) in [6.45, 7) is 8.24. The Labute approximate surface area is 131 Å². The summed E-state index contributed by atoms with van der Waals surface area (Å²) in [7, 11) is 0. The smallest absolute Gasteiger partial charge is 0.121 e. The number of nitrogens with one attached hydrogen (secondary N) is 1. The number of halogens is 1. The Morgan fingerprint density at radius 3 is 2.76 bits per heavy atom. The van der Waals surface area contributed by atoms with Gasteiger partial charge in [0.1, 0.15) is 5.75 Å². The molecule has 1 heterocycles. The largest absolute Gasteiger partial charge is 0.494 e. The summed E-state index contributed by atoms with van der Waals surface area (Å²) in [5, 5.41) is 8.68. The molecular weight excluding hydrogens is 286 g/mol. The van der Waals surface area contributed by atoms with Crippen LogP contribution < -0.4 is 10.1 Å². The molecule has 0 spiro atoms. The van der Waals surface area contributed by atoms with Gasteiger partial charge in [0.05, 0.1) is 29.6 Å². The van der Waals surface area contributed by atoms with Crippen LogP contribution >= 0.6 is 11.6 Å². The third-order valence-corrected chi connectivity index (χ3v) is 3.74. The highest BCUT2D eigenvalue weighted by Gasteiger charge is 2.13. The van der Waals surface area contributed by atoms with Crippen molar-refractivity contribution in [1.29, 1.82) is 0 Å². The number of ether oxygens (including phenoxy) is 1. The van der Waals surface area contributed by atoms with Crippen LogP contribution in [0.5, 0.6) is 5.75 Å². The van der Waals surface area contributed by atoms with Crippen LogP contribution in [0.1, 0.15) is 32.2 Å². The van der Waals surface area contributed by atoms with E-state index in [1.54, 1.807) is 0 Å². The number of aryl methyl sites for hydroxylation is 2. The van der Waals surface area contributed by atoms with Crippen molar-refractivity contribution in [3.8, 4) is 5.75 Å². The molecule has 4 nitrogen and oxygen atoms in total. The second kappa shape index (κ2) is 7.36.